The third-order valence-electron chi connectivity index (χ3n) is 7.69. The SMILES string of the molecule is Cc1cc(Nc2cc3nc(-c4cnn(CC5CCCCO5)c4)sc3cn2)nc(N2C[C@@H]3C[C@H]2CN3C)n1. The molecule has 7 heterocycles. The van der Waals surface area contributed by atoms with E-state index in [0.29, 0.717) is 12.1 Å². The molecule has 4 aromatic heterocycles. The number of nitrogens with one attached hydrogen (secondary N) is 1. The summed E-state index contributed by atoms with van der Waals surface area (Å²) in [5.74, 6) is 2.28. The van der Waals surface area contributed by atoms with Gasteiger partial charge in [0.2, 0.25) is 5.95 Å². The van der Waals surface area contributed by atoms with Crippen LogP contribution in [0.25, 0.3) is 20.8 Å². The smallest absolute Gasteiger partial charge is 0.227 e. The van der Waals surface area contributed by atoms with E-state index < -0.39 is 0 Å². The first-order valence-corrected chi connectivity index (χ1v) is 13.9. The Morgan fingerprint density at radius 1 is 1.08 bits per heavy atom. The maximum atomic E-state index is 5.86. The molecular weight excluding hydrogens is 486 g/mol. The number of nitrogens with zero attached hydrogens (tertiary/aromatic N) is 8. The van der Waals surface area contributed by atoms with E-state index in [-0.39, 0.29) is 6.10 Å². The van der Waals surface area contributed by atoms with Crippen molar-refractivity contribution in [3.63, 3.8) is 0 Å². The fraction of sp³-hybridized carbons (Fsp3) is 0.500. The van der Waals surface area contributed by atoms with Gasteiger partial charge in [0.15, 0.2) is 0 Å². The lowest BCUT2D eigenvalue weighted by molar-refractivity contribution is 0.00400. The minimum Gasteiger partial charge on any atom is -0.376 e. The molecular formula is C26H31N9OS. The molecule has 4 aromatic rings. The van der Waals surface area contributed by atoms with Crippen LogP contribution in [-0.2, 0) is 11.3 Å². The van der Waals surface area contributed by atoms with Crippen molar-refractivity contribution >= 4 is 39.1 Å². The van der Waals surface area contributed by atoms with Gasteiger partial charge in [0.05, 0.1) is 29.1 Å². The standard InChI is InChI=1S/C26H31N9OS/c1-16-7-24(32-26(29-16)35-14-18-8-19(35)13-33(18)2)31-23-9-21-22(11-27-23)37-25(30-21)17-10-28-34(12-17)15-20-5-3-4-6-36-20/h7,9-12,18-20H,3-6,8,13-15H2,1-2H3,(H,27,29,31,32)/t18-,19-,20?/m0/s1. The van der Waals surface area contributed by atoms with Crippen LogP contribution in [0, 0.1) is 6.92 Å². The van der Waals surface area contributed by atoms with E-state index in [1.165, 1.54) is 12.8 Å². The van der Waals surface area contributed by atoms with E-state index in [1.807, 2.05) is 36.1 Å². The molecule has 3 saturated heterocycles. The first-order valence-electron chi connectivity index (χ1n) is 13.1. The van der Waals surface area contributed by atoms with Gasteiger partial charge in [-0.2, -0.15) is 10.1 Å². The summed E-state index contributed by atoms with van der Waals surface area (Å²) in [6.07, 6.45) is 10.8. The number of hydrogen-bond acceptors (Lipinski definition) is 10. The third-order valence-corrected chi connectivity index (χ3v) is 8.74. The Kier molecular flexibility index (Phi) is 5.78. The molecule has 0 spiro atoms. The zero-order valence-corrected chi connectivity index (χ0v) is 22.0. The molecule has 37 heavy (non-hydrogen) atoms. The number of rotatable bonds is 6. The molecule has 3 fully saturated rings. The van der Waals surface area contributed by atoms with Gasteiger partial charge in [0.1, 0.15) is 16.6 Å². The van der Waals surface area contributed by atoms with Crippen molar-refractivity contribution in [1.82, 2.24) is 34.6 Å². The molecule has 0 radical (unpaired) electrons. The minimum absolute atomic E-state index is 0.252. The van der Waals surface area contributed by atoms with Crippen LogP contribution < -0.4 is 10.2 Å². The van der Waals surface area contributed by atoms with Gasteiger partial charge >= 0.3 is 0 Å². The van der Waals surface area contributed by atoms with E-state index in [1.54, 1.807) is 11.3 Å². The van der Waals surface area contributed by atoms with E-state index in [0.717, 1.165) is 83.1 Å². The molecule has 192 valence electrons. The van der Waals surface area contributed by atoms with Crippen molar-refractivity contribution in [3.05, 3.63) is 36.4 Å². The number of fused-ring (bicyclic) bond motifs is 3. The van der Waals surface area contributed by atoms with Crippen LogP contribution in [0.15, 0.2) is 30.7 Å². The predicted molar refractivity (Wildman–Crippen MR) is 144 cm³/mol. The molecule has 3 atom stereocenters. The number of aromatic nitrogens is 6. The third kappa shape index (κ3) is 4.55. The second-order valence-corrected chi connectivity index (χ2v) is 11.5. The molecule has 0 amide bonds. The fourth-order valence-electron chi connectivity index (χ4n) is 5.75. The van der Waals surface area contributed by atoms with Gasteiger partial charge in [-0.25, -0.2) is 15.0 Å². The van der Waals surface area contributed by atoms with E-state index in [2.05, 4.69) is 38.4 Å². The molecule has 0 aliphatic carbocycles. The molecule has 3 aliphatic rings. The topological polar surface area (TPSA) is 97.1 Å². The Labute approximate surface area is 219 Å². The first kappa shape index (κ1) is 23.0. The quantitative estimate of drug-likeness (QED) is 0.409. The van der Waals surface area contributed by atoms with Crippen molar-refractivity contribution in [2.75, 3.05) is 37.0 Å². The highest BCUT2D eigenvalue weighted by Crippen LogP contribution is 2.34. The van der Waals surface area contributed by atoms with Crippen molar-refractivity contribution in [2.24, 2.45) is 0 Å². The van der Waals surface area contributed by atoms with E-state index in [4.69, 9.17) is 19.7 Å². The highest BCUT2D eigenvalue weighted by molar-refractivity contribution is 7.21. The number of thiazole rings is 1. The molecule has 0 aromatic carbocycles. The Balaban J connectivity index is 1.08. The Bertz CT molecular complexity index is 1430. The molecule has 7 rings (SSSR count). The van der Waals surface area contributed by atoms with Gasteiger partial charge in [-0.3, -0.25) is 9.58 Å². The number of ether oxygens (including phenoxy) is 1. The average molecular weight is 518 g/mol. The van der Waals surface area contributed by atoms with Gasteiger partial charge in [0.25, 0.3) is 0 Å². The molecule has 1 unspecified atom stereocenters. The Hall–Kier alpha value is -3.15. The lowest BCUT2D eigenvalue weighted by Crippen LogP contribution is -2.45. The largest absolute Gasteiger partial charge is 0.376 e. The van der Waals surface area contributed by atoms with Crippen LogP contribution in [0.3, 0.4) is 0 Å². The van der Waals surface area contributed by atoms with Gasteiger partial charge in [0, 0.05) is 67.6 Å². The summed E-state index contributed by atoms with van der Waals surface area (Å²) >= 11 is 1.63. The van der Waals surface area contributed by atoms with Crippen LogP contribution in [0.1, 0.15) is 31.4 Å². The predicted octanol–water partition coefficient (Wildman–Crippen LogP) is 3.86. The number of likely N-dealkylation sites (tertiary alicyclic amines) is 1. The monoisotopic (exact) mass is 517 g/mol. The number of piperazine rings is 1. The van der Waals surface area contributed by atoms with Gasteiger partial charge in [-0.1, -0.05) is 0 Å². The molecule has 1 N–H and O–H groups in total. The molecule has 3 aliphatic heterocycles. The molecule has 0 saturated carbocycles. The van der Waals surface area contributed by atoms with Crippen molar-refractivity contribution in [1.29, 1.82) is 0 Å². The Morgan fingerprint density at radius 2 is 2.03 bits per heavy atom. The second-order valence-electron chi connectivity index (χ2n) is 10.5. The summed E-state index contributed by atoms with van der Waals surface area (Å²) in [7, 11) is 2.20. The number of likely N-dealkylation sites (N-methyl/N-ethyl adjacent to an activating group) is 1. The van der Waals surface area contributed by atoms with Crippen LogP contribution in [0.5, 0.6) is 0 Å². The highest BCUT2D eigenvalue weighted by Gasteiger charge is 2.42. The number of hydrogen-bond donors (Lipinski definition) is 1. The second kappa shape index (κ2) is 9.30. The highest BCUT2D eigenvalue weighted by atomic mass is 32.1. The van der Waals surface area contributed by atoms with Crippen molar-refractivity contribution in [3.8, 4) is 10.6 Å². The zero-order chi connectivity index (χ0) is 24.9. The van der Waals surface area contributed by atoms with Crippen LogP contribution in [0.4, 0.5) is 17.6 Å². The number of aryl methyl sites for hydroxylation is 1. The van der Waals surface area contributed by atoms with Gasteiger partial charge in [-0.15, -0.1) is 11.3 Å². The van der Waals surface area contributed by atoms with E-state index >= 15 is 0 Å². The fourth-order valence-corrected chi connectivity index (χ4v) is 6.64. The summed E-state index contributed by atoms with van der Waals surface area (Å²) in [6, 6.07) is 5.04. The number of anilines is 3. The average Bonchev–Trinajstić information content (AvgIpc) is 3.67. The van der Waals surface area contributed by atoms with Gasteiger partial charge in [-0.05, 0) is 39.7 Å². The van der Waals surface area contributed by atoms with Crippen molar-refractivity contribution in [2.45, 2.75) is 57.3 Å². The van der Waals surface area contributed by atoms with Crippen LogP contribution >= 0.6 is 11.3 Å². The zero-order valence-electron chi connectivity index (χ0n) is 21.2. The lowest BCUT2D eigenvalue weighted by Gasteiger charge is -2.32. The molecule has 10 nitrogen and oxygen atoms in total. The van der Waals surface area contributed by atoms with E-state index in [9.17, 15) is 0 Å². The molecule has 11 heteroatoms. The van der Waals surface area contributed by atoms with Gasteiger partial charge < -0.3 is 15.0 Å². The summed E-state index contributed by atoms with van der Waals surface area (Å²) < 4.78 is 8.88. The normalized spacial score (nSPS) is 23.8. The number of pyridine rings is 1. The summed E-state index contributed by atoms with van der Waals surface area (Å²) in [6.45, 7) is 5.71. The minimum atomic E-state index is 0.252. The summed E-state index contributed by atoms with van der Waals surface area (Å²) in [4.78, 5) is 23.9. The maximum Gasteiger partial charge on any atom is 0.227 e. The molecule has 2 bridgehead atoms. The Morgan fingerprint density at radius 3 is 2.84 bits per heavy atom. The van der Waals surface area contributed by atoms with Crippen LogP contribution in [-0.4, -0.2) is 79.5 Å². The lowest BCUT2D eigenvalue weighted by atomic mass is 10.1. The summed E-state index contributed by atoms with van der Waals surface area (Å²) in [5, 5.41) is 8.88. The first-order chi connectivity index (χ1) is 18.1. The summed E-state index contributed by atoms with van der Waals surface area (Å²) in [5.41, 5.74) is 2.87. The maximum absolute atomic E-state index is 5.86. The van der Waals surface area contributed by atoms with Crippen LogP contribution in [0.2, 0.25) is 0 Å². The van der Waals surface area contributed by atoms with Crippen molar-refractivity contribution < 1.29 is 4.74 Å².